The second-order valence-corrected chi connectivity index (χ2v) is 5.43. The second-order valence-electron chi connectivity index (χ2n) is 5.43. The second kappa shape index (κ2) is 14.4. The first-order valence-electron chi connectivity index (χ1n) is 8.16. The van der Waals surface area contributed by atoms with E-state index in [0.29, 0.717) is 12.8 Å². The smallest absolute Gasteiger partial charge is 0.342 e. The van der Waals surface area contributed by atoms with Crippen molar-refractivity contribution in [1.29, 1.82) is 0 Å². The first-order chi connectivity index (χ1) is 11.7. The van der Waals surface area contributed by atoms with Crippen molar-refractivity contribution in [2.45, 2.75) is 65.2 Å². The molecule has 0 atom stereocenters. The number of carbonyl (C=O) groups is 5. The molecular weight excluding hydrogens is 380 g/mol. The van der Waals surface area contributed by atoms with Gasteiger partial charge in [-0.3, -0.25) is 19.2 Å². The van der Waals surface area contributed by atoms with Crippen LogP contribution < -0.4 is 0 Å². The number of carboxylic acids is 2. The average Bonchev–Trinajstić information content (AvgIpc) is 2.49. The molecule has 0 unspecified atom stereocenters. The summed E-state index contributed by atoms with van der Waals surface area (Å²) in [6, 6.07) is 0. The van der Waals surface area contributed by atoms with Crippen molar-refractivity contribution in [3.05, 3.63) is 11.1 Å². The van der Waals surface area contributed by atoms with Crippen molar-refractivity contribution >= 4 is 29.7 Å². The van der Waals surface area contributed by atoms with E-state index in [1.165, 1.54) is 0 Å². The number of allylic oxidation sites excluding steroid dienone is 1. The molecule has 0 heterocycles. The van der Waals surface area contributed by atoms with Crippen LogP contribution in [0.2, 0.25) is 0 Å². The maximum atomic E-state index is 12.3. The van der Waals surface area contributed by atoms with Crippen LogP contribution in [0.25, 0.3) is 0 Å². The zero-order valence-electron chi connectivity index (χ0n) is 15.0. The molecule has 0 radical (unpaired) electrons. The normalized spacial score (nSPS) is 11.0. The molecule has 0 aromatic rings. The van der Waals surface area contributed by atoms with Gasteiger partial charge in [-0.1, -0.05) is 13.8 Å². The van der Waals surface area contributed by atoms with Gasteiger partial charge in [-0.15, -0.1) is 0 Å². The third-order valence-corrected chi connectivity index (χ3v) is 3.26. The van der Waals surface area contributed by atoms with Crippen LogP contribution >= 0.6 is 0 Å². The number of rotatable bonds is 12. The number of carbonyl (C=O) groups excluding carboxylic acids is 3. The van der Waals surface area contributed by atoms with E-state index in [1.54, 1.807) is 13.8 Å². The summed E-state index contributed by atoms with van der Waals surface area (Å²) in [6.45, 7) is 3.46. The molecule has 0 aromatic carbocycles. The van der Waals surface area contributed by atoms with Crippen molar-refractivity contribution in [2.24, 2.45) is 0 Å². The number of esters is 2. The van der Waals surface area contributed by atoms with Gasteiger partial charge in [-0.2, -0.15) is 0 Å². The summed E-state index contributed by atoms with van der Waals surface area (Å²) >= 11 is 0. The number of ether oxygens (including phenoxy) is 1. The number of carboxylic acid groups (broad SMARTS) is 2. The van der Waals surface area contributed by atoms with Gasteiger partial charge >= 0.3 is 23.9 Å². The molecule has 0 spiro atoms. The Kier molecular flexibility index (Phi) is 14.6. The number of ketones is 1. The van der Waals surface area contributed by atoms with Crippen LogP contribution in [0.5, 0.6) is 0 Å². The topological polar surface area (TPSA) is 135 Å². The fourth-order valence-electron chi connectivity index (χ4n) is 2.10. The van der Waals surface area contributed by atoms with Crippen LogP contribution in [0.1, 0.15) is 65.2 Å². The summed E-state index contributed by atoms with van der Waals surface area (Å²) in [7, 11) is 0. The molecule has 0 amide bonds. The quantitative estimate of drug-likeness (QED) is 0.219. The Morgan fingerprint density at radius 1 is 0.692 bits per heavy atom. The summed E-state index contributed by atoms with van der Waals surface area (Å²) in [4.78, 5) is 57.7. The molecule has 0 aliphatic carbocycles. The summed E-state index contributed by atoms with van der Waals surface area (Å²) < 4.78 is 4.67. The molecule has 0 aromatic heterocycles. The van der Waals surface area contributed by atoms with Crippen LogP contribution in [-0.2, 0) is 50.4 Å². The van der Waals surface area contributed by atoms with Crippen LogP contribution in [-0.4, -0.2) is 39.9 Å². The predicted molar refractivity (Wildman–Crippen MR) is 86.7 cm³/mol. The molecule has 0 aliphatic rings. The van der Waals surface area contributed by atoms with Crippen molar-refractivity contribution < 1.29 is 60.6 Å². The average molecular weight is 404 g/mol. The first kappa shape index (κ1) is 26.4. The van der Waals surface area contributed by atoms with Crippen LogP contribution in [0.3, 0.4) is 0 Å². The Bertz CT molecular complexity index is 565. The van der Waals surface area contributed by atoms with Gasteiger partial charge in [0.05, 0.1) is 0 Å². The molecule has 9 heteroatoms. The molecule has 0 aliphatic heterocycles. The van der Waals surface area contributed by atoms with Gasteiger partial charge in [-0.25, -0.2) is 4.79 Å². The van der Waals surface area contributed by atoms with E-state index in [9.17, 15) is 24.0 Å². The number of hydrogen-bond donors (Lipinski definition) is 2. The van der Waals surface area contributed by atoms with Crippen molar-refractivity contribution in [3.8, 4) is 0 Å². The van der Waals surface area contributed by atoms with Crippen molar-refractivity contribution in [3.63, 3.8) is 0 Å². The van der Waals surface area contributed by atoms with Gasteiger partial charge in [0.25, 0.3) is 0 Å². The van der Waals surface area contributed by atoms with E-state index >= 15 is 0 Å². The predicted octanol–water partition coefficient (Wildman–Crippen LogP) is 2.25. The first-order valence-corrected chi connectivity index (χ1v) is 8.16. The Labute approximate surface area is 166 Å². The molecule has 8 nitrogen and oxygen atoms in total. The number of aliphatic carboxylic acids is 2. The van der Waals surface area contributed by atoms with Gasteiger partial charge < -0.3 is 14.9 Å². The maximum absolute atomic E-state index is 12.3. The van der Waals surface area contributed by atoms with Crippen LogP contribution in [0.4, 0.5) is 0 Å². The Morgan fingerprint density at radius 2 is 1.15 bits per heavy atom. The summed E-state index contributed by atoms with van der Waals surface area (Å²) in [6.07, 6.45) is -0.336. The molecule has 0 fully saturated rings. The minimum Gasteiger partial charge on any atom is -0.481 e. The number of hydrogen-bond acceptors (Lipinski definition) is 6. The van der Waals surface area contributed by atoms with E-state index in [4.69, 9.17) is 10.2 Å². The molecule has 0 rings (SSSR count). The zero-order valence-corrected chi connectivity index (χ0v) is 16.6. The fraction of sp³-hybridized carbons (Fsp3) is 0.588. The van der Waals surface area contributed by atoms with Gasteiger partial charge in [0, 0.05) is 58.5 Å². The summed E-state index contributed by atoms with van der Waals surface area (Å²) in [5.41, 5.74) is -0.300. The van der Waals surface area contributed by atoms with Gasteiger partial charge in [0.1, 0.15) is 0 Å². The zero-order chi connectivity index (χ0) is 19.4. The largest absolute Gasteiger partial charge is 0.481 e. The molecule has 0 bridgehead atoms. The Hall–Kier alpha value is -1.80. The van der Waals surface area contributed by atoms with Crippen molar-refractivity contribution in [1.82, 2.24) is 0 Å². The maximum Gasteiger partial charge on any atom is 0.342 e. The molecular formula is C17H24O8Ti. The SMILES string of the molecule is CCCC(=O)OC(=O)C(CCC(=O)O)=C(CCC(=O)O)C(=O)CCC.[Ti]. The molecule has 144 valence electrons. The summed E-state index contributed by atoms with van der Waals surface area (Å²) in [5.74, 6) is -4.64. The van der Waals surface area contributed by atoms with E-state index < -0.39 is 42.5 Å². The Morgan fingerprint density at radius 3 is 1.58 bits per heavy atom. The molecule has 2 N–H and O–H groups in total. The van der Waals surface area contributed by atoms with Gasteiger partial charge in [-0.05, 0) is 25.7 Å². The number of Topliss-reactive ketones (excluding diaryl/α,β-unsaturated/α-hetero) is 1. The van der Waals surface area contributed by atoms with Crippen LogP contribution in [0.15, 0.2) is 11.1 Å². The van der Waals surface area contributed by atoms with E-state index in [1.807, 2.05) is 0 Å². The molecule has 26 heavy (non-hydrogen) atoms. The van der Waals surface area contributed by atoms with E-state index in [-0.39, 0.29) is 58.5 Å². The minimum atomic E-state index is -1.19. The molecule has 0 saturated carbocycles. The summed E-state index contributed by atoms with van der Waals surface area (Å²) in [5, 5.41) is 17.7. The third kappa shape index (κ3) is 10.9. The standard InChI is InChI=1S/C17H24O8.Ti/c1-3-5-13(18)11(7-9-14(19)20)12(8-10-15(21)22)17(24)25-16(23)6-4-2;/h3-10H2,1-2H3,(H,19,20)(H,21,22);. The monoisotopic (exact) mass is 404 g/mol. The minimum absolute atomic E-state index is 0. The van der Waals surface area contributed by atoms with Gasteiger partial charge in [0.15, 0.2) is 5.78 Å². The fourth-order valence-corrected chi connectivity index (χ4v) is 2.10. The van der Waals surface area contributed by atoms with Crippen LogP contribution in [0, 0.1) is 0 Å². The van der Waals surface area contributed by atoms with Gasteiger partial charge in [0.2, 0.25) is 0 Å². The van der Waals surface area contributed by atoms with Crippen molar-refractivity contribution in [2.75, 3.05) is 0 Å². The van der Waals surface area contributed by atoms with E-state index in [2.05, 4.69) is 4.74 Å². The third-order valence-electron chi connectivity index (χ3n) is 3.26. The molecule has 0 saturated heterocycles. The Balaban J connectivity index is 0. The van der Waals surface area contributed by atoms with E-state index in [0.717, 1.165) is 0 Å².